The number of benzene rings is 1. The molecule has 0 aliphatic rings. The molecule has 0 fully saturated rings. The van der Waals surface area contributed by atoms with E-state index in [1.807, 2.05) is 0 Å². The van der Waals surface area contributed by atoms with Crippen LogP contribution in [0, 0.1) is 17.5 Å². The fourth-order valence-electron chi connectivity index (χ4n) is 2.00. The first kappa shape index (κ1) is 14.4. The molecule has 1 unspecified atom stereocenters. The fraction of sp³-hybridized carbons (Fsp3) is 0.417. The summed E-state index contributed by atoms with van der Waals surface area (Å²) in [5, 5.41) is 14.4. The van der Waals surface area contributed by atoms with Crippen molar-refractivity contribution in [3.63, 3.8) is 0 Å². The van der Waals surface area contributed by atoms with Crippen LogP contribution in [-0.4, -0.2) is 26.8 Å². The Labute approximate surface area is 113 Å². The molecule has 0 bridgehead atoms. The van der Waals surface area contributed by atoms with E-state index < -0.39 is 23.5 Å². The van der Waals surface area contributed by atoms with E-state index in [1.54, 1.807) is 14.0 Å². The number of hydrogen-bond donors (Lipinski definition) is 1. The number of tetrazole rings is 1. The van der Waals surface area contributed by atoms with Gasteiger partial charge < -0.3 is 5.32 Å². The molecule has 1 atom stereocenters. The Morgan fingerprint density at radius 2 is 1.90 bits per heavy atom. The van der Waals surface area contributed by atoms with Crippen LogP contribution in [0.15, 0.2) is 12.1 Å². The second-order valence-electron chi connectivity index (χ2n) is 4.29. The van der Waals surface area contributed by atoms with Crippen molar-refractivity contribution >= 4 is 0 Å². The van der Waals surface area contributed by atoms with E-state index in [9.17, 15) is 13.2 Å². The summed E-state index contributed by atoms with van der Waals surface area (Å²) in [7, 11) is 1.60. The molecule has 5 nitrogen and oxygen atoms in total. The topological polar surface area (TPSA) is 55.6 Å². The first-order chi connectivity index (χ1) is 9.51. The van der Waals surface area contributed by atoms with E-state index in [4.69, 9.17) is 0 Å². The highest BCUT2D eigenvalue weighted by atomic mass is 19.1. The molecule has 0 aliphatic heterocycles. The lowest BCUT2D eigenvalue weighted by Gasteiger charge is -2.18. The third kappa shape index (κ3) is 3.13. The van der Waals surface area contributed by atoms with Gasteiger partial charge in [-0.2, -0.15) is 4.80 Å². The van der Waals surface area contributed by atoms with Gasteiger partial charge in [0.1, 0.15) is 17.5 Å². The van der Waals surface area contributed by atoms with Crippen LogP contribution in [0.2, 0.25) is 0 Å². The van der Waals surface area contributed by atoms with Gasteiger partial charge in [0.2, 0.25) is 0 Å². The SMILES string of the molecule is CCNC(Cc1nnn(C)n1)c1c(F)cc(F)cc1F. The zero-order valence-corrected chi connectivity index (χ0v) is 11.1. The highest BCUT2D eigenvalue weighted by Gasteiger charge is 2.22. The average Bonchev–Trinajstić information content (AvgIpc) is 2.73. The van der Waals surface area contributed by atoms with Crippen molar-refractivity contribution in [3.8, 4) is 0 Å². The van der Waals surface area contributed by atoms with Crippen molar-refractivity contribution in [1.29, 1.82) is 0 Å². The fourth-order valence-corrected chi connectivity index (χ4v) is 2.00. The van der Waals surface area contributed by atoms with Crippen LogP contribution < -0.4 is 5.32 Å². The molecule has 1 aromatic heterocycles. The Bertz CT molecular complexity index is 576. The van der Waals surface area contributed by atoms with E-state index in [0.29, 0.717) is 24.5 Å². The van der Waals surface area contributed by atoms with Gasteiger partial charge in [-0.25, -0.2) is 13.2 Å². The maximum absolute atomic E-state index is 13.8. The van der Waals surface area contributed by atoms with Crippen LogP contribution in [0.25, 0.3) is 0 Å². The predicted molar refractivity (Wildman–Crippen MR) is 65.2 cm³/mol. The van der Waals surface area contributed by atoms with Gasteiger partial charge in [0.15, 0.2) is 5.82 Å². The normalized spacial score (nSPS) is 12.7. The maximum Gasteiger partial charge on any atom is 0.176 e. The third-order valence-corrected chi connectivity index (χ3v) is 2.78. The first-order valence-electron chi connectivity index (χ1n) is 6.12. The molecule has 0 radical (unpaired) electrons. The summed E-state index contributed by atoms with van der Waals surface area (Å²) in [5.74, 6) is -2.46. The number of aryl methyl sites for hydroxylation is 1. The molecule has 0 saturated carbocycles. The number of nitrogens with zero attached hydrogens (tertiary/aromatic N) is 4. The van der Waals surface area contributed by atoms with Gasteiger partial charge in [-0.15, -0.1) is 10.2 Å². The Balaban J connectivity index is 2.33. The summed E-state index contributed by atoms with van der Waals surface area (Å²) in [6.45, 7) is 2.29. The third-order valence-electron chi connectivity index (χ3n) is 2.78. The largest absolute Gasteiger partial charge is 0.310 e. The zero-order chi connectivity index (χ0) is 14.7. The quantitative estimate of drug-likeness (QED) is 0.905. The molecule has 0 amide bonds. The van der Waals surface area contributed by atoms with Gasteiger partial charge in [0.25, 0.3) is 0 Å². The van der Waals surface area contributed by atoms with Crippen molar-refractivity contribution in [2.24, 2.45) is 7.05 Å². The molecule has 8 heteroatoms. The Morgan fingerprint density at radius 1 is 1.25 bits per heavy atom. The molecule has 0 saturated heterocycles. The van der Waals surface area contributed by atoms with Crippen LogP contribution in [0.1, 0.15) is 24.4 Å². The van der Waals surface area contributed by atoms with E-state index in [1.165, 1.54) is 4.80 Å². The van der Waals surface area contributed by atoms with E-state index in [2.05, 4.69) is 20.7 Å². The minimum atomic E-state index is -0.948. The standard InChI is InChI=1S/C12H14F3N5/c1-3-16-10(6-11-17-19-20(2)18-11)12-8(14)4-7(13)5-9(12)15/h4-5,10,16H,3,6H2,1-2H3. The van der Waals surface area contributed by atoms with E-state index >= 15 is 0 Å². The van der Waals surface area contributed by atoms with Crippen LogP contribution in [-0.2, 0) is 13.5 Å². The molecule has 0 aliphatic carbocycles. The van der Waals surface area contributed by atoms with Crippen LogP contribution in [0.5, 0.6) is 0 Å². The molecule has 1 aromatic carbocycles. The monoisotopic (exact) mass is 285 g/mol. The summed E-state index contributed by atoms with van der Waals surface area (Å²) in [6, 6.07) is 0.629. The number of rotatable bonds is 5. The molecule has 1 N–H and O–H groups in total. The van der Waals surface area contributed by atoms with Crippen molar-refractivity contribution in [2.45, 2.75) is 19.4 Å². The van der Waals surface area contributed by atoms with Crippen molar-refractivity contribution < 1.29 is 13.2 Å². The van der Waals surface area contributed by atoms with E-state index in [-0.39, 0.29) is 12.0 Å². The Kier molecular flexibility index (Phi) is 4.33. The average molecular weight is 285 g/mol. The van der Waals surface area contributed by atoms with Gasteiger partial charge in [-0.1, -0.05) is 6.92 Å². The molecular formula is C12H14F3N5. The van der Waals surface area contributed by atoms with Crippen molar-refractivity contribution in [2.75, 3.05) is 6.54 Å². The molecule has 2 aromatic rings. The number of hydrogen-bond acceptors (Lipinski definition) is 4. The number of halogens is 3. The lowest BCUT2D eigenvalue weighted by Crippen LogP contribution is -2.25. The van der Waals surface area contributed by atoms with Crippen LogP contribution in [0.3, 0.4) is 0 Å². The van der Waals surface area contributed by atoms with Gasteiger partial charge in [0, 0.05) is 30.2 Å². The minimum absolute atomic E-state index is 0.154. The first-order valence-corrected chi connectivity index (χ1v) is 6.12. The maximum atomic E-state index is 13.8. The number of nitrogens with one attached hydrogen (secondary N) is 1. The van der Waals surface area contributed by atoms with Crippen molar-refractivity contribution in [3.05, 3.63) is 41.0 Å². The number of aromatic nitrogens is 4. The summed E-state index contributed by atoms with van der Waals surface area (Å²) in [4.78, 5) is 1.26. The summed E-state index contributed by atoms with van der Waals surface area (Å²) < 4.78 is 40.6. The van der Waals surface area contributed by atoms with Gasteiger partial charge in [-0.3, -0.25) is 0 Å². The summed E-state index contributed by atoms with van der Waals surface area (Å²) in [6.07, 6.45) is 0.154. The Hall–Kier alpha value is -1.96. The van der Waals surface area contributed by atoms with Crippen LogP contribution in [0.4, 0.5) is 13.2 Å². The second-order valence-corrected chi connectivity index (χ2v) is 4.29. The zero-order valence-electron chi connectivity index (χ0n) is 11.1. The lowest BCUT2D eigenvalue weighted by molar-refractivity contribution is 0.456. The lowest BCUT2D eigenvalue weighted by atomic mass is 10.0. The second kappa shape index (κ2) is 6.00. The van der Waals surface area contributed by atoms with Crippen molar-refractivity contribution in [1.82, 2.24) is 25.5 Å². The van der Waals surface area contributed by atoms with Gasteiger partial charge in [0.05, 0.1) is 7.05 Å². The van der Waals surface area contributed by atoms with Gasteiger partial charge in [-0.05, 0) is 11.8 Å². The molecule has 2 rings (SSSR count). The van der Waals surface area contributed by atoms with Gasteiger partial charge >= 0.3 is 0 Å². The molecule has 20 heavy (non-hydrogen) atoms. The highest BCUT2D eigenvalue weighted by Crippen LogP contribution is 2.24. The minimum Gasteiger partial charge on any atom is -0.310 e. The molecule has 0 spiro atoms. The Morgan fingerprint density at radius 3 is 2.40 bits per heavy atom. The summed E-state index contributed by atoms with van der Waals surface area (Å²) >= 11 is 0. The molecule has 108 valence electrons. The van der Waals surface area contributed by atoms with Crippen LogP contribution >= 0.6 is 0 Å². The smallest absolute Gasteiger partial charge is 0.176 e. The van der Waals surface area contributed by atoms with E-state index in [0.717, 1.165) is 0 Å². The highest BCUT2D eigenvalue weighted by molar-refractivity contribution is 5.25. The molecular weight excluding hydrogens is 271 g/mol. The summed E-state index contributed by atoms with van der Waals surface area (Å²) in [5.41, 5.74) is -0.222. The predicted octanol–water partition coefficient (Wildman–Crippen LogP) is 1.52. The molecule has 1 heterocycles. The number of likely N-dealkylation sites (N-methyl/N-ethyl adjacent to an activating group) is 1.